The second kappa shape index (κ2) is 8.13. The minimum absolute atomic E-state index is 0.0314. The fraction of sp³-hybridized carbons (Fsp3) is 0.222. The second-order valence-corrected chi connectivity index (χ2v) is 8.65. The smallest absolute Gasteiger partial charge is 0.246 e. The summed E-state index contributed by atoms with van der Waals surface area (Å²) in [6.07, 6.45) is 0. The van der Waals surface area contributed by atoms with E-state index >= 15 is 0 Å². The fourth-order valence-corrected chi connectivity index (χ4v) is 3.95. The van der Waals surface area contributed by atoms with Gasteiger partial charge in [-0.1, -0.05) is 24.3 Å². The van der Waals surface area contributed by atoms with Crippen LogP contribution < -0.4 is 10.5 Å². The molecule has 0 aliphatic carbocycles. The Bertz CT molecular complexity index is 1010. The highest BCUT2D eigenvalue weighted by atomic mass is 32.2. The average molecular weight is 406 g/mol. The van der Waals surface area contributed by atoms with Gasteiger partial charge in [0.1, 0.15) is 11.6 Å². The van der Waals surface area contributed by atoms with Gasteiger partial charge in [0, 0.05) is 0 Å². The van der Waals surface area contributed by atoms with E-state index in [4.69, 9.17) is 9.88 Å². The Kier molecular flexibility index (Phi) is 5.85. The molecule has 7 nitrogen and oxygen atoms in total. The number of hydrogen-bond acceptors (Lipinski definition) is 6. The number of nitrogens with zero attached hydrogens (tertiary/aromatic N) is 1. The highest BCUT2D eigenvalue weighted by Crippen LogP contribution is 2.22. The maximum atomic E-state index is 12.0. The third-order valence-corrected chi connectivity index (χ3v) is 5.82. The first-order chi connectivity index (χ1) is 12.8. The molecule has 3 rings (SSSR count). The standard InChI is InChI=1S/C18H19N3O4S2/c1-12(13-6-8-14(9-7-13)27(19,23)24)20-17(22)10-25-11-18-21-15-4-2-3-5-16(15)26-18/h2-9,12H,10-11H2,1H3,(H,20,22)(H2,19,23,24)/t12-/m1/s1. The first-order valence-corrected chi connectivity index (χ1v) is 10.5. The van der Waals surface area contributed by atoms with Gasteiger partial charge in [-0.25, -0.2) is 18.5 Å². The summed E-state index contributed by atoms with van der Waals surface area (Å²) in [6.45, 7) is 1.98. The molecule has 0 aliphatic rings. The van der Waals surface area contributed by atoms with Crippen molar-refractivity contribution in [2.45, 2.75) is 24.5 Å². The van der Waals surface area contributed by atoms with E-state index in [-0.39, 0.29) is 30.1 Å². The lowest BCUT2D eigenvalue weighted by Crippen LogP contribution is -2.30. The molecule has 27 heavy (non-hydrogen) atoms. The molecule has 1 amide bonds. The summed E-state index contributed by atoms with van der Waals surface area (Å²) in [7, 11) is -3.73. The number of amides is 1. The Hall–Kier alpha value is -2.33. The maximum Gasteiger partial charge on any atom is 0.246 e. The number of ether oxygens (including phenoxy) is 1. The monoisotopic (exact) mass is 405 g/mol. The Balaban J connectivity index is 1.49. The molecule has 3 N–H and O–H groups in total. The van der Waals surface area contributed by atoms with Gasteiger partial charge < -0.3 is 10.1 Å². The van der Waals surface area contributed by atoms with Gasteiger partial charge in [-0.3, -0.25) is 4.79 Å². The molecule has 9 heteroatoms. The van der Waals surface area contributed by atoms with Crippen molar-refractivity contribution in [2.75, 3.05) is 6.61 Å². The molecule has 0 aliphatic heterocycles. The van der Waals surface area contributed by atoms with Gasteiger partial charge in [0.25, 0.3) is 0 Å². The van der Waals surface area contributed by atoms with Crippen molar-refractivity contribution in [3.63, 3.8) is 0 Å². The zero-order valence-electron chi connectivity index (χ0n) is 14.6. The summed E-state index contributed by atoms with van der Waals surface area (Å²) in [6, 6.07) is 13.6. The van der Waals surface area contributed by atoms with E-state index in [1.807, 2.05) is 24.3 Å². The molecule has 2 aromatic carbocycles. The summed E-state index contributed by atoms with van der Waals surface area (Å²) in [5.74, 6) is -0.265. The molecule has 0 saturated carbocycles. The minimum Gasteiger partial charge on any atom is -0.364 e. The number of carbonyl (C=O) groups is 1. The van der Waals surface area contributed by atoms with Crippen LogP contribution in [-0.2, 0) is 26.2 Å². The average Bonchev–Trinajstić information content (AvgIpc) is 3.03. The van der Waals surface area contributed by atoms with Crippen LogP contribution in [0.25, 0.3) is 10.2 Å². The Labute approximate surface area is 161 Å². The zero-order valence-corrected chi connectivity index (χ0v) is 16.2. The number of para-hydroxylation sites is 1. The van der Waals surface area contributed by atoms with Crippen LogP contribution in [0.3, 0.4) is 0 Å². The molecule has 142 valence electrons. The van der Waals surface area contributed by atoms with Crippen molar-refractivity contribution in [3.05, 3.63) is 59.1 Å². The van der Waals surface area contributed by atoms with Crippen LogP contribution in [0.15, 0.2) is 53.4 Å². The van der Waals surface area contributed by atoms with Crippen molar-refractivity contribution in [3.8, 4) is 0 Å². The van der Waals surface area contributed by atoms with Crippen molar-refractivity contribution in [1.82, 2.24) is 10.3 Å². The van der Waals surface area contributed by atoms with Crippen LogP contribution >= 0.6 is 11.3 Å². The largest absolute Gasteiger partial charge is 0.364 e. The van der Waals surface area contributed by atoms with Gasteiger partial charge in [0.15, 0.2) is 0 Å². The summed E-state index contributed by atoms with van der Waals surface area (Å²) in [5.41, 5.74) is 1.68. The molecule has 1 heterocycles. The third kappa shape index (κ3) is 5.10. The lowest BCUT2D eigenvalue weighted by molar-refractivity contribution is -0.126. The van der Waals surface area contributed by atoms with Crippen molar-refractivity contribution < 1.29 is 17.9 Å². The normalized spacial score (nSPS) is 12.8. The summed E-state index contributed by atoms with van der Waals surface area (Å²) in [4.78, 5) is 16.5. The molecule has 1 atom stereocenters. The quantitative estimate of drug-likeness (QED) is 0.627. The highest BCUT2D eigenvalue weighted by Gasteiger charge is 2.12. The van der Waals surface area contributed by atoms with E-state index in [0.29, 0.717) is 0 Å². The fourth-order valence-electron chi connectivity index (χ4n) is 2.53. The van der Waals surface area contributed by atoms with E-state index in [9.17, 15) is 13.2 Å². The number of thiazole rings is 1. The Morgan fingerprint density at radius 2 is 1.93 bits per heavy atom. The van der Waals surface area contributed by atoms with Crippen LogP contribution in [0.2, 0.25) is 0 Å². The predicted octanol–water partition coefficient (Wildman–Crippen LogP) is 2.34. The van der Waals surface area contributed by atoms with Gasteiger partial charge in [0.2, 0.25) is 15.9 Å². The van der Waals surface area contributed by atoms with Gasteiger partial charge in [-0.05, 0) is 36.8 Å². The lowest BCUT2D eigenvalue weighted by Gasteiger charge is -2.14. The van der Waals surface area contributed by atoms with Crippen LogP contribution in [0.4, 0.5) is 0 Å². The van der Waals surface area contributed by atoms with E-state index in [0.717, 1.165) is 20.8 Å². The zero-order chi connectivity index (χ0) is 19.4. The molecule has 0 radical (unpaired) electrons. The number of carbonyl (C=O) groups excluding carboxylic acids is 1. The Morgan fingerprint density at radius 3 is 2.59 bits per heavy atom. The van der Waals surface area contributed by atoms with Crippen molar-refractivity contribution in [1.29, 1.82) is 0 Å². The number of benzene rings is 2. The molecule has 0 fully saturated rings. The maximum absolute atomic E-state index is 12.0. The van der Waals surface area contributed by atoms with E-state index < -0.39 is 10.0 Å². The third-order valence-electron chi connectivity index (χ3n) is 3.88. The molecule has 0 saturated heterocycles. The molecule has 3 aromatic rings. The Morgan fingerprint density at radius 1 is 1.22 bits per heavy atom. The minimum atomic E-state index is -3.73. The topological polar surface area (TPSA) is 111 Å². The van der Waals surface area contributed by atoms with E-state index in [2.05, 4.69) is 10.3 Å². The van der Waals surface area contributed by atoms with Crippen LogP contribution in [0.1, 0.15) is 23.5 Å². The number of rotatable bonds is 7. The summed E-state index contributed by atoms with van der Waals surface area (Å²) in [5, 5.41) is 8.69. The number of primary sulfonamides is 1. The SMILES string of the molecule is C[C@@H](NC(=O)COCc1nc2ccccc2s1)c1ccc(S(N)(=O)=O)cc1. The predicted molar refractivity (Wildman–Crippen MR) is 104 cm³/mol. The number of fused-ring (bicyclic) bond motifs is 1. The van der Waals surface area contributed by atoms with Gasteiger partial charge in [-0.2, -0.15) is 0 Å². The number of nitrogens with one attached hydrogen (secondary N) is 1. The number of aromatic nitrogens is 1. The molecule has 0 bridgehead atoms. The number of hydrogen-bond donors (Lipinski definition) is 2. The number of sulfonamides is 1. The molecule has 0 spiro atoms. The highest BCUT2D eigenvalue weighted by molar-refractivity contribution is 7.89. The first-order valence-electron chi connectivity index (χ1n) is 8.17. The van der Waals surface area contributed by atoms with Crippen molar-refractivity contribution >= 4 is 37.5 Å². The van der Waals surface area contributed by atoms with Crippen LogP contribution in [0, 0.1) is 0 Å². The van der Waals surface area contributed by atoms with Gasteiger partial charge in [-0.15, -0.1) is 11.3 Å². The summed E-state index contributed by atoms with van der Waals surface area (Å²) >= 11 is 1.54. The van der Waals surface area contributed by atoms with Crippen LogP contribution in [-0.4, -0.2) is 25.9 Å². The van der Waals surface area contributed by atoms with Crippen LogP contribution in [0.5, 0.6) is 0 Å². The number of nitrogens with two attached hydrogens (primary N) is 1. The molecular weight excluding hydrogens is 386 g/mol. The molecular formula is C18H19N3O4S2. The van der Waals surface area contributed by atoms with Gasteiger partial charge >= 0.3 is 0 Å². The first kappa shape index (κ1) is 19.4. The van der Waals surface area contributed by atoms with E-state index in [1.165, 1.54) is 23.5 Å². The van der Waals surface area contributed by atoms with Gasteiger partial charge in [0.05, 0.1) is 27.8 Å². The molecule has 0 unspecified atom stereocenters. The lowest BCUT2D eigenvalue weighted by atomic mass is 10.1. The van der Waals surface area contributed by atoms with E-state index in [1.54, 1.807) is 19.1 Å². The molecule has 1 aromatic heterocycles. The van der Waals surface area contributed by atoms with Crippen molar-refractivity contribution in [2.24, 2.45) is 5.14 Å². The second-order valence-electron chi connectivity index (χ2n) is 5.97. The summed E-state index contributed by atoms with van der Waals surface area (Å²) < 4.78 is 29.1.